The number of hydrogen-bond donors (Lipinski definition) is 0. The quantitative estimate of drug-likeness (QED) is 0.520. The summed E-state index contributed by atoms with van der Waals surface area (Å²) in [5.74, 6) is 0.286. The van der Waals surface area contributed by atoms with Crippen LogP contribution < -0.4 is 0 Å². The highest BCUT2D eigenvalue weighted by Crippen LogP contribution is 2.22. The smallest absolute Gasteiger partial charge is 0.163 e. The van der Waals surface area contributed by atoms with Crippen LogP contribution >= 0.6 is 15.9 Å². The highest BCUT2D eigenvalue weighted by molar-refractivity contribution is 9.10. The maximum Gasteiger partial charge on any atom is 0.163 e. The zero-order chi connectivity index (χ0) is 12.8. The van der Waals surface area contributed by atoms with Crippen LogP contribution in [0.3, 0.4) is 0 Å². The van der Waals surface area contributed by atoms with Crippen LogP contribution in [0.4, 0.5) is 0 Å². The molecule has 0 N–H and O–H groups in total. The van der Waals surface area contributed by atoms with E-state index < -0.39 is 0 Å². The van der Waals surface area contributed by atoms with Gasteiger partial charge in [0, 0.05) is 16.5 Å². The topological polar surface area (TPSA) is 17.1 Å². The van der Waals surface area contributed by atoms with E-state index in [9.17, 15) is 4.79 Å². The number of halogens is 1. The molecule has 2 heteroatoms. The van der Waals surface area contributed by atoms with Crippen molar-refractivity contribution in [1.82, 2.24) is 0 Å². The van der Waals surface area contributed by atoms with Crippen molar-refractivity contribution in [3.05, 3.63) is 33.3 Å². The minimum atomic E-state index is 0.286. The highest BCUT2D eigenvalue weighted by Gasteiger charge is 2.10. The first kappa shape index (κ1) is 14.4. The SMILES string of the molecule is CCCCCCC(=O)c1cc(C)c(Br)cc1C. The molecule has 1 aromatic carbocycles. The van der Waals surface area contributed by atoms with Crippen molar-refractivity contribution in [3.8, 4) is 0 Å². The van der Waals surface area contributed by atoms with Gasteiger partial charge in [-0.15, -0.1) is 0 Å². The second kappa shape index (κ2) is 6.95. The molecule has 0 radical (unpaired) electrons. The van der Waals surface area contributed by atoms with Crippen LogP contribution in [0, 0.1) is 13.8 Å². The van der Waals surface area contributed by atoms with Crippen LogP contribution in [0.5, 0.6) is 0 Å². The molecule has 0 heterocycles. The first-order valence-corrected chi connectivity index (χ1v) is 7.15. The van der Waals surface area contributed by atoms with Crippen LogP contribution in [-0.2, 0) is 0 Å². The van der Waals surface area contributed by atoms with Gasteiger partial charge in [-0.2, -0.15) is 0 Å². The standard InChI is InChI=1S/C15H21BrO/c1-4-5-6-7-8-15(17)13-9-12(3)14(16)10-11(13)2/h9-10H,4-8H2,1-3H3. The Bertz CT molecular complexity index is 396. The monoisotopic (exact) mass is 296 g/mol. The van der Waals surface area contributed by atoms with E-state index in [0.29, 0.717) is 6.42 Å². The first-order chi connectivity index (χ1) is 8.06. The zero-order valence-corrected chi connectivity index (χ0v) is 12.6. The average molecular weight is 297 g/mol. The maximum absolute atomic E-state index is 12.1. The van der Waals surface area contributed by atoms with Crippen molar-refractivity contribution in [2.45, 2.75) is 52.9 Å². The fourth-order valence-electron chi connectivity index (χ4n) is 1.93. The fraction of sp³-hybridized carbons (Fsp3) is 0.533. The van der Waals surface area contributed by atoms with Crippen molar-refractivity contribution in [2.75, 3.05) is 0 Å². The lowest BCUT2D eigenvalue weighted by atomic mass is 9.98. The van der Waals surface area contributed by atoms with Gasteiger partial charge in [-0.3, -0.25) is 4.79 Å². The number of carbonyl (C=O) groups excluding carboxylic acids is 1. The summed E-state index contributed by atoms with van der Waals surface area (Å²) in [5.41, 5.74) is 3.10. The largest absolute Gasteiger partial charge is 0.294 e. The van der Waals surface area contributed by atoms with Gasteiger partial charge < -0.3 is 0 Å². The summed E-state index contributed by atoms with van der Waals surface area (Å²) in [4.78, 5) is 12.1. The summed E-state index contributed by atoms with van der Waals surface area (Å²) >= 11 is 3.49. The van der Waals surface area contributed by atoms with E-state index in [1.807, 2.05) is 26.0 Å². The minimum absolute atomic E-state index is 0.286. The normalized spacial score (nSPS) is 10.6. The molecule has 0 atom stereocenters. The maximum atomic E-state index is 12.1. The van der Waals surface area contributed by atoms with Crippen molar-refractivity contribution in [2.24, 2.45) is 0 Å². The number of aryl methyl sites for hydroxylation is 2. The van der Waals surface area contributed by atoms with Crippen molar-refractivity contribution >= 4 is 21.7 Å². The third kappa shape index (κ3) is 4.27. The molecule has 1 aromatic rings. The Kier molecular flexibility index (Phi) is 5.90. The summed E-state index contributed by atoms with van der Waals surface area (Å²) in [6, 6.07) is 4.04. The molecule has 0 aromatic heterocycles. The van der Waals surface area contributed by atoms with Gasteiger partial charge in [0.25, 0.3) is 0 Å². The van der Waals surface area contributed by atoms with Crippen molar-refractivity contribution in [3.63, 3.8) is 0 Å². The van der Waals surface area contributed by atoms with Crippen molar-refractivity contribution in [1.29, 1.82) is 0 Å². The summed E-state index contributed by atoms with van der Waals surface area (Å²) in [6.07, 6.45) is 5.30. The van der Waals surface area contributed by atoms with Gasteiger partial charge in [-0.05, 0) is 43.5 Å². The number of carbonyl (C=O) groups is 1. The van der Waals surface area contributed by atoms with Gasteiger partial charge in [0.2, 0.25) is 0 Å². The number of hydrogen-bond acceptors (Lipinski definition) is 1. The highest BCUT2D eigenvalue weighted by atomic mass is 79.9. The fourth-order valence-corrected chi connectivity index (χ4v) is 2.39. The van der Waals surface area contributed by atoms with E-state index in [1.54, 1.807) is 0 Å². The molecule has 0 aliphatic rings. The summed E-state index contributed by atoms with van der Waals surface area (Å²) in [6.45, 7) is 6.21. The van der Waals surface area contributed by atoms with Gasteiger partial charge in [0.15, 0.2) is 5.78 Å². The van der Waals surface area contributed by atoms with Gasteiger partial charge in [-0.1, -0.05) is 42.1 Å². The number of benzene rings is 1. The molecule has 0 fully saturated rings. The minimum Gasteiger partial charge on any atom is -0.294 e. The van der Waals surface area contributed by atoms with E-state index in [2.05, 4.69) is 22.9 Å². The number of Topliss-reactive ketones (excluding diaryl/α,β-unsaturated/α-hetero) is 1. The molecular weight excluding hydrogens is 276 g/mol. The molecule has 0 amide bonds. The number of unbranched alkanes of at least 4 members (excludes halogenated alkanes) is 3. The number of ketones is 1. The summed E-state index contributed by atoms with van der Waals surface area (Å²) in [7, 11) is 0. The Labute approximate surface area is 113 Å². The van der Waals surface area contributed by atoms with E-state index >= 15 is 0 Å². The molecule has 0 bridgehead atoms. The first-order valence-electron chi connectivity index (χ1n) is 6.36. The molecule has 0 saturated carbocycles. The molecular formula is C15H21BrO. The lowest BCUT2D eigenvalue weighted by molar-refractivity contribution is 0.0978. The average Bonchev–Trinajstić information content (AvgIpc) is 2.29. The summed E-state index contributed by atoms with van der Waals surface area (Å²) < 4.78 is 1.08. The Morgan fingerprint density at radius 1 is 1.12 bits per heavy atom. The van der Waals surface area contributed by atoms with E-state index in [-0.39, 0.29) is 5.78 Å². The Balaban J connectivity index is 2.66. The van der Waals surface area contributed by atoms with Gasteiger partial charge in [0.05, 0.1) is 0 Å². The molecule has 1 nitrogen and oxygen atoms in total. The number of rotatable bonds is 6. The molecule has 0 saturated heterocycles. The second-order valence-corrected chi connectivity index (χ2v) is 5.50. The van der Waals surface area contributed by atoms with E-state index in [0.717, 1.165) is 34.0 Å². The second-order valence-electron chi connectivity index (χ2n) is 4.65. The lowest BCUT2D eigenvalue weighted by Gasteiger charge is -2.08. The van der Waals surface area contributed by atoms with Crippen LogP contribution in [0.25, 0.3) is 0 Å². The third-order valence-electron chi connectivity index (χ3n) is 3.06. The molecule has 1 rings (SSSR count). The molecule has 0 spiro atoms. The third-order valence-corrected chi connectivity index (χ3v) is 3.92. The molecule has 0 unspecified atom stereocenters. The predicted molar refractivity (Wildman–Crippen MR) is 76.7 cm³/mol. The lowest BCUT2D eigenvalue weighted by Crippen LogP contribution is -2.02. The van der Waals surface area contributed by atoms with Gasteiger partial charge in [0.1, 0.15) is 0 Å². The van der Waals surface area contributed by atoms with Gasteiger partial charge >= 0.3 is 0 Å². The van der Waals surface area contributed by atoms with Crippen LogP contribution in [0.1, 0.15) is 60.5 Å². The van der Waals surface area contributed by atoms with E-state index in [4.69, 9.17) is 0 Å². The molecule has 17 heavy (non-hydrogen) atoms. The molecule has 0 aliphatic carbocycles. The predicted octanol–water partition coefficient (Wildman–Crippen LogP) is 5.22. The van der Waals surface area contributed by atoms with E-state index in [1.165, 1.54) is 12.8 Å². The van der Waals surface area contributed by atoms with Crippen LogP contribution in [0.15, 0.2) is 16.6 Å². The van der Waals surface area contributed by atoms with Crippen LogP contribution in [0.2, 0.25) is 0 Å². The van der Waals surface area contributed by atoms with Gasteiger partial charge in [-0.25, -0.2) is 0 Å². The molecule has 94 valence electrons. The Morgan fingerprint density at radius 2 is 1.82 bits per heavy atom. The summed E-state index contributed by atoms with van der Waals surface area (Å²) in [5, 5.41) is 0. The Hall–Kier alpha value is -0.630. The van der Waals surface area contributed by atoms with Crippen molar-refractivity contribution < 1.29 is 4.79 Å². The van der Waals surface area contributed by atoms with Crippen LogP contribution in [-0.4, -0.2) is 5.78 Å². The zero-order valence-electron chi connectivity index (χ0n) is 11.0. The molecule has 0 aliphatic heterocycles. The Morgan fingerprint density at radius 3 is 2.47 bits per heavy atom.